The van der Waals surface area contributed by atoms with Crippen LogP contribution in [-0.4, -0.2) is 37.2 Å². The van der Waals surface area contributed by atoms with E-state index < -0.39 is 6.10 Å². The van der Waals surface area contributed by atoms with Crippen LogP contribution >= 0.6 is 0 Å². The van der Waals surface area contributed by atoms with Crippen molar-refractivity contribution in [3.63, 3.8) is 0 Å². The van der Waals surface area contributed by atoms with E-state index in [1.807, 2.05) is 6.08 Å². The lowest BCUT2D eigenvalue weighted by Gasteiger charge is -2.18. The van der Waals surface area contributed by atoms with E-state index in [2.05, 4.69) is 75.5 Å². The average molecular weight is 1040 g/mol. The summed E-state index contributed by atoms with van der Waals surface area (Å²) >= 11 is 0. The molecular formula is C68H122O6. The van der Waals surface area contributed by atoms with Crippen LogP contribution < -0.4 is 0 Å². The molecule has 74 heavy (non-hydrogen) atoms. The van der Waals surface area contributed by atoms with Gasteiger partial charge < -0.3 is 14.2 Å². The van der Waals surface area contributed by atoms with Crippen LogP contribution in [0.4, 0.5) is 0 Å². The molecule has 0 heterocycles. The van der Waals surface area contributed by atoms with E-state index in [0.717, 1.165) is 64.2 Å². The maximum Gasteiger partial charge on any atom is 0.306 e. The molecule has 0 fully saturated rings. The van der Waals surface area contributed by atoms with Crippen LogP contribution in [0, 0.1) is 0 Å². The van der Waals surface area contributed by atoms with Gasteiger partial charge in [-0.05, 0) is 70.6 Å². The summed E-state index contributed by atoms with van der Waals surface area (Å²) in [6.45, 7) is 6.50. The Bertz CT molecular complexity index is 1330. The summed E-state index contributed by atoms with van der Waals surface area (Å²) in [6.07, 6.45) is 79.9. The zero-order chi connectivity index (χ0) is 53.6. The first-order valence-corrected chi connectivity index (χ1v) is 32.3. The molecular weight excluding hydrogens is 913 g/mol. The molecule has 0 spiro atoms. The molecule has 0 N–H and O–H groups in total. The van der Waals surface area contributed by atoms with E-state index >= 15 is 0 Å². The lowest BCUT2D eigenvalue weighted by atomic mass is 10.0. The largest absolute Gasteiger partial charge is 0.462 e. The van der Waals surface area contributed by atoms with E-state index in [-0.39, 0.29) is 37.5 Å². The highest BCUT2D eigenvalue weighted by molar-refractivity contribution is 5.71. The van der Waals surface area contributed by atoms with Crippen LogP contribution in [0.15, 0.2) is 60.8 Å². The van der Waals surface area contributed by atoms with E-state index in [0.29, 0.717) is 19.3 Å². The van der Waals surface area contributed by atoms with Gasteiger partial charge >= 0.3 is 17.9 Å². The van der Waals surface area contributed by atoms with Gasteiger partial charge in [-0.1, -0.05) is 306 Å². The summed E-state index contributed by atoms with van der Waals surface area (Å²) in [5, 5.41) is 0. The molecule has 0 aliphatic rings. The minimum Gasteiger partial charge on any atom is -0.462 e. The number of unbranched alkanes of at least 4 members (excludes halogenated alkanes) is 38. The van der Waals surface area contributed by atoms with Crippen molar-refractivity contribution in [2.24, 2.45) is 0 Å². The normalized spacial score (nSPS) is 12.4. The van der Waals surface area contributed by atoms with Crippen molar-refractivity contribution in [3.8, 4) is 0 Å². The summed E-state index contributed by atoms with van der Waals surface area (Å²) in [6, 6.07) is 0. The highest BCUT2D eigenvalue weighted by Gasteiger charge is 2.19. The predicted octanol–water partition coefficient (Wildman–Crippen LogP) is 21.9. The zero-order valence-corrected chi connectivity index (χ0v) is 49.4. The first-order chi connectivity index (χ1) is 36.5. The number of ether oxygens (including phenoxy) is 3. The average Bonchev–Trinajstić information content (AvgIpc) is 3.40. The molecule has 0 saturated heterocycles. The van der Waals surface area contributed by atoms with Crippen molar-refractivity contribution >= 4 is 17.9 Å². The van der Waals surface area contributed by atoms with Crippen molar-refractivity contribution in [1.29, 1.82) is 0 Å². The summed E-state index contributed by atoms with van der Waals surface area (Å²) in [5.74, 6) is -0.966. The molecule has 6 heteroatoms. The zero-order valence-electron chi connectivity index (χ0n) is 49.4. The lowest BCUT2D eigenvalue weighted by molar-refractivity contribution is -0.166. The highest BCUT2D eigenvalue weighted by Crippen LogP contribution is 2.17. The van der Waals surface area contributed by atoms with Crippen LogP contribution in [0.25, 0.3) is 0 Å². The molecule has 0 aromatic rings. The number of hydrogen-bond acceptors (Lipinski definition) is 6. The third-order valence-electron chi connectivity index (χ3n) is 14.3. The number of carbonyl (C=O) groups excluding carboxylic acids is 3. The molecule has 0 amide bonds. The first-order valence-electron chi connectivity index (χ1n) is 32.3. The second kappa shape index (κ2) is 62.6. The number of esters is 3. The molecule has 1 atom stereocenters. The molecule has 6 nitrogen and oxygen atoms in total. The van der Waals surface area contributed by atoms with Crippen LogP contribution in [-0.2, 0) is 28.6 Å². The van der Waals surface area contributed by atoms with Crippen molar-refractivity contribution in [2.75, 3.05) is 13.2 Å². The maximum atomic E-state index is 12.8. The molecule has 0 aliphatic heterocycles. The highest BCUT2D eigenvalue weighted by atomic mass is 16.6. The molecule has 1 unspecified atom stereocenters. The Hall–Kier alpha value is -2.89. The summed E-state index contributed by atoms with van der Waals surface area (Å²) in [5.41, 5.74) is 0. The van der Waals surface area contributed by atoms with Gasteiger partial charge in [-0.15, -0.1) is 0 Å². The number of allylic oxidation sites excluding steroid dienone is 10. The maximum absolute atomic E-state index is 12.8. The minimum absolute atomic E-state index is 0.0987. The van der Waals surface area contributed by atoms with Crippen LogP contribution in [0.2, 0.25) is 0 Å². The van der Waals surface area contributed by atoms with Crippen molar-refractivity contribution in [1.82, 2.24) is 0 Å². The fraction of sp³-hybridized carbons (Fsp3) is 0.809. The van der Waals surface area contributed by atoms with E-state index in [1.54, 1.807) is 0 Å². The summed E-state index contributed by atoms with van der Waals surface area (Å²) in [4.78, 5) is 38.1. The smallest absolute Gasteiger partial charge is 0.306 e. The third-order valence-corrected chi connectivity index (χ3v) is 14.3. The molecule has 0 aliphatic carbocycles. The van der Waals surface area contributed by atoms with Gasteiger partial charge in [-0.2, -0.15) is 0 Å². The second-order valence-corrected chi connectivity index (χ2v) is 21.6. The van der Waals surface area contributed by atoms with Gasteiger partial charge in [0.05, 0.1) is 0 Å². The van der Waals surface area contributed by atoms with Crippen LogP contribution in [0.1, 0.15) is 335 Å². The topological polar surface area (TPSA) is 78.9 Å². The van der Waals surface area contributed by atoms with E-state index in [4.69, 9.17) is 14.2 Å². The molecule has 0 rings (SSSR count). The van der Waals surface area contributed by atoms with Gasteiger partial charge in [0.25, 0.3) is 0 Å². The van der Waals surface area contributed by atoms with Gasteiger partial charge in [0, 0.05) is 19.3 Å². The molecule has 430 valence electrons. The predicted molar refractivity (Wildman–Crippen MR) is 321 cm³/mol. The Labute approximate surface area is 460 Å². The molecule has 0 radical (unpaired) electrons. The molecule has 0 bridgehead atoms. The molecule has 0 aromatic heterocycles. The van der Waals surface area contributed by atoms with Crippen LogP contribution in [0.3, 0.4) is 0 Å². The first kappa shape index (κ1) is 71.1. The van der Waals surface area contributed by atoms with Gasteiger partial charge in [-0.3, -0.25) is 14.4 Å². The van der Waals surface area contributed by atoms with E-state index in [9.17, 15) is 14.4 Å². The Morgan fingerprint density at radius 3 is 0.878 bits per heavy atom. The number of rotatable bonds is 59. The number of carbonyl (C=O) groups is 3. The minimum atomic E-state index is -0.809. The lowest BCUT2D eigenvalue weighted by Crippen LogP contribution is -2.30. The second-order valence-electron chi connectivity index (χ2n) is 21.6. The SMILES string of the molecule is CC/C=C\C/C=C\C/C=C\C/C=C\CCC(=O)OC(COC(=O)CCCCCCCCCCCCCC)COC(=O)CCCCCCCCCCCCCCCCCCCCC/C=C\CCCCCCCCCC. The molecule has 0 aromatic carbocycles. The van der Waals surface area contributed by atoms with Gasteiger partial charge in [0.15, 0.2) is 6.10 Å². The number of hydrogen-bond donors (Lipinski definition) is 0. The quantitative estimate of drug-likeness (QED) is 0.0261. The third kappa shape index (κ3) is 60.0. The Morgan fingerprint density at radius 2 is 0.554 bits per heavy atom. The van der Waals surface area contributed by atoms with Crippen molar-refractivity contribution in [3.05, 3.63) is 60.8 Å². The Morgan fingerprint density at radius 1 is 0.284 bits per heavy atom. The van der Waals surface area contributed by atoms with Crippen LogP contribution in [0.5, 0.6) is 0 Å². The van der Waals surface area contributed by atoms with Gasteiger partial charge in [-0.25, -0.2) is 0 Å². The fourth-order valence-corrected chi connectivity index (χ4v) is 9.45. The molecule has 0 saturated carbocycles. The van der Waals surface area contributed by atoms with Gasteiger partial charge in [0.2, 0.25) is 0 Å². The van der Waals surface area contributed by atoms with E-state index in [1.165, 1.54) is 225 Å². The standard InChI is InChI=1S/C68H122O6/c1-4-7-10-13-16-19-22-25-26-27-28-29-30-31-32-33-34-35-36-37-38-39-40-41-42-44-46-49-52-55-58-61-67(70)73-64-65(63-72-66(69)60-57-54-51-48-45-24-21-18-15-12-9-6-3)74-68(71)62-59-56-53-50-47-43-23-20-17-14-11-8-5-2/h8,11,17,20,27-28,43,47,53,56,65H,4-7,9-10,12-16,18-19,21-26,29-42,44-46,48-52,54-55,57-64H2,1-3H3/b11-8-,20-17-,28-27-,47-43-,56-53-. The summed E-state index contributed by atoms with van der Waals surface area (Å²) in [7, 11) is 0. The van der Waals surface area contributed by atoms with Crippen molar-refractivity contribution in [2.45, 2.75) is 341 Å². The monoisotopic (exact) mass is 1030 g/mol. The van der Waals surface area contributed by atoms with Gasteiger partial charge in [0.1, 0.15) is 13.2 Å². The Kier molecular flexibility index (Phi) is 60.2. The van der Waals surface area contributed by atoms with Crippen molar-refractivity contribution < 1.29 is 28.6 Å². The summed E-state index contributed by atoms with van der Waals surface area (Å²) < 4.78 is 16.8. The fourth-order valence-electron chi connectivity index (χ4n) is 9.45. The Balaban J connectivity index is 4.12.